The minimum Gasteiger partial charge on any atom is -0.467 e. The molecule has 0 radical (unpaired) electrons. The fourth-order valence-electron chi connectivity index (χ4n) is 1.65. The summed E-state index contributed by atoms with van der Waals surface area (Å²) in [5.74, 6) is 2.04. The lowest BCUT2D eigenvalue weighted by Gasteiger charge is -2.10. The van der Waals surface area contributed by atoms with Gasteiger partial charge in [-0.25, -0.2) is 0 Å². The zero-order chi connectivity index (χ0) is 14.2. The molecule has 108 valence electrons. The fraction of sp³-hybridized carbons (Fsp3) is 0.462. The highest BCUT2D eigenvalue weighted by Gasteiger charge is 2.01. The number of furan rings is 1. The number of hydrogen-bond acceptors (Lipinski definition) is 7. The first-order valence-corrected chi connectivity index (χ1v) is 6.58. The molecule has 2 aromatic heterocycles. The molecule has 0 saturated carbocycles. The largest absolute Gasteiger partial charge is 0.467 e. The van der Waals surface area contributed by atoms with Crippen LogP contribution >= 0.6 is 0 Å². The van der Waals surface area contributed by atoms with Crippen molar-refractivity contribution in [3.05, 3.63) is 30.4 Å². The Hall–Kier alpha value is -2.15. The molecule has 2 heterocycles. The molecule has 0 aliphatic heterocycles. The zero-order valence-corrected chi connectivity index (χ0v) is 11.8. The molecule has 2 aromatic rings. The van der Waals surface area contributed by atoms with Crippen molar-refractivity contribution in [3.8, 4) is 0 Å². The van der Waals surface area contributed by atoms with Gasteiger partial charge in [0.05, 0.1) is 19.0 Å². The highest BCUT2D eigenvalue weighted by molar-refractivity contribution is 5.36. The summed E-state index contributed by atoms with van der Waals surface area (Å²) in [6, 6.07) is 3.74. The van der Waals surface area contributed by atoms with Crippen molar-refractivity contribution in [3.63, 3.8) is 0 Å². The second-order valence-corrected chi connectivity index (χ2v) is 4.68. The monoisotopic (exact) mass is 276 g/mol. The third-order valence-electron chi connectivity index (χ3n) is 2.65. The molecule has 0 saturated heterocycles. The van der Waals surface area contributed by atoms with Crippen LogP contribution in [0.15, 0.2) is 29.0 Å². The van der Waals surface area contributed by atoms with Crippen molar-refractivity contribution in [1.82, 2.24) is 20.1 Å². The number of anilines is 2. The Kier molecular flexibility index (Phi) is 5.31. The maximum Gasteiger partial charge on any atom is 0.245 e. The van der Waals surface area contributed by atoms with E-state index in [-0.39, 0.29) is 0 Å². The Morgan fingerprint density at radius 2 is 2.20 bits per heavy atom. The lowest BCUT2D eigenvalue weighted by Crippen LogP contribution is -2.17. The van der Waals surface area contributed by atoms with Crippen LogP contribution in [0, 0.1) is 0 Å². The Bertz CT molecular complexity index is 499. The van der Waals surface area contributed by atoms with Gasteiger partial charge in [0.1, 0.15) is 5.76 Å². The summed E-state index contributed by atoms with van der Waals surface area (Å²) in [6.07, 6.45) is 4.30. The van der Waals surface area contributed by atoms with Gasteiger partial charge in [-0.2, -0.15) is 10.1 Å². The molecule has 0 aliphatic rings. The fourth-order valence-corrected chi connectivity index (χ4v) is 1.65. The molecule has 2 rings (SSSR count). The van der Waals surface area contributed by atoms with E-state index >= 15 is 0 Å². The number of rotatable bonds is 8. The van der Waals surface area contributed by atoms with Gasteiger partial charge in [-0.3, -0.25) is 0 Å². The molecular weight excluding hydrogens is 256 g/mol. The number of hydrogen-bond donors (Lipinski definition) is 2. The Labute approximate surface area is 118 Å². The SMILES string of the molecule is CN(C)CCCNc1cnnc(NCc2ccco2)n1. The van der Waals surface area contributed by atoms with Gasteiger partial charge in [0.2, 0.25) is 5.95 Å². The average Bonchev–Trinajstić information content (AvgIpc) is 2.95. The second kappa shape index (κ2) is 7.44. The van der Waals surface area contributed by atoms with E-state index in [1.165, 1.54) is 0 Å². The van der Waals surface area contributed by atoms with E-state index in [9.17, 15) is 0 Å². The Balaban J connectivity index is 1.78. The van der Waals surface area contributed by atoms with Crippen LogP contribution in [-0.4, -0.2) is 47.3 Å². The molecule has 7 heteroatoms. The number of aromatic nitrogens is 3. The van der Waals surface area contributed by atoms with Crippen molar-refractivity contribution in [2.45, 2.75) is 13.0 Å². The van der Waals surface area contributed by atoms with Crippen molar-refractivity contribution in [1.29, 1.82) is 0 Å². The summed E-state index contributed by atoms with van der Waals surface area (Å²) >= 11 is 0. The molecule has 0 unspecified atom stereocenters. The third-order valence-corrected chi connectivity index (χ3v) is 2.65. The predicted molar refractivity (Wildman–Crippen MR) is 77.5 cm³/mol. The normalized spacial score (nSPS) is 10.8. The first-order chi connectivity index (χ1) is 9.74. The van der Waals surface area contributed by atoms with Gasteiger partial charge in [0.25, 0.3) is 0 Å². The van der Waals surface area contributed by atoms with Crippen molar-refractivity contribution in [2.75, 3.05) is 37.8 Å². The minimum atomic E-state index is 0.485. The molecule has 0 aromatic carbocycles. The van der Waals surface area contributed by atoms with Crippen molar-refractivity contribution < 1.29 is 4.42 Å². The standard InChI is InChI=1S/C13H20N6O/c1-19(2)7-4-6-14-12-10-16-18-13(17-12)15-9-11-5-3-8-20-11/h3,5,8,10H,4,6-7,9H2,1-2H3,(H2,14,15,17,18). The highest BCUT2D eigenvalue weighted by atomic mass is 16.3. The molecule has 20 heavy (non-hydrogen) atoms. The van der Waals surface area contributed by atoms with Crippen LogP contribution in [0.25, 0.3) is 0 Å². The Morgan fingerprint density at radius 3 is 2.95 bits per heavy atom. The van der Waals surface area contributed by atoms with Crippen LogP contribution in [-0.2, 0) is 6.54 Å². The average molecular weight is 276 g/mol. The highest BCUT2D eigenvalue weighted by Crippen LogP contribution is 2.06. The van der Waals surface area contributed by atoms with Gasteiger partial charge >= 0.3 is 0 Å². The molecule has 0 aliphatic carbocycles. The van der Waals surface area contributed by atoms with Crippen LogP contribution < -0.4 is 10.6 Å². The summed E-state index contributed by atoms with van der Waals surface area (Å²) in [7, 11) is 4.12. The van der Waals surface area contributed by atoms with E-state index < -0.39 is 0 Å². The van der Waals surface area contributed by atoms with Gasteiger partial charge in [0, 0.05) is 6.54 Å². The third kappa shape index (κ3) is 4.85. The summed E-state index contributed by atoms with van der Waals surface area (Å²) in [4.78, 5) is 6.49. The molecule has 7 nitrogen and oxygen atoms in total. The quantitative estimate of drug-likeness (QED) is 0.706. The number of nitrogens with one attached hydrogen (secondary N) is 2. The summed E-state index contributed by atoms with van der Waals surface area (Å²) < 4.78 is 5.23. The van der Waals surface area contributed by atoms with Crippen molar-refractivity contribution >= 4 is 11.8 Å². The van der Waals surface area contributed by atoms with Gasteiger partial charge in [0.15, 0.2) is 5.82 Å². The van der Waals surface area contributed by atoms with Gasteiger partial charge in [-0.1, -0.05) is 0 Å². The van der Waals surface area contributed by atoms with Crippen LogP contribution in [0.3, 0.4) is 0 Å². The smallest absolute Gasteiger partial charge is 0.245 e. The molecule has 0 spiro atoms. The van der Waals surface area contributed by atoms with E-state index in [4.69, 9.17) is 4.42 Å². The summed E-state index contributed by atoms with van der Waals surface area (Å²) in [6.45, 7) is 2.43. The minimum absolute atomic E-state index is 0.485. The van der Waals surface area contributed by atoms with Gasteiger partial charge < -0.3 is 20.0 Å². The van der Waals surface area contributed by atoms with Crippen LogP contribution in [0.1, 0.15) is 12.2 Å². The maximum atomic E-state index is 5.23. The van der Waals surface area contributed by atoms with Crippen LogP contribution in [0.2, 0.25) is 0 Å². The lowest BCUT2D eigenvalue weighted by atomic mass is 10.4. The van der Waals surface area contributed by atoms with E-state index in [0.29, 0.717) is 12.5 Å². The molecule has 2 N–H and O–H groups in total. The molecule has 0 bridgehead atoms. The lowest BCUT2D eigenvalue weighted by molar-refractivity contribution is 0.405. The summed E-state index contributed by atoms with van der Waals surface area (Å²) in [5, 5.41) is 14.2. The van der Waals surface area contributed by atoms with Crippen LogP contribution in [0.4, 0.5) is 11.8 Å². The van der Waals surface area contributed by atoms with E-state index in [1.54, 1.807) is 12.5 Å². The first kappa shape index (κ1) is 14.3. The van der Waals surface area contributed by atoms with Crippen LogP contribution in [0.5, 0.6) is 0 Å². The second-order valence-electron chi connectivity index (χ2n) is 4.68. The molecule has 0 amide bonds. The van der Waals surface area contributed by atoms with Crippen molar-refractivity contribution in [2.24, 2.45) is 0 Å². The van der Waals surface area contributed by atoms with E-state index in [2.05, 4.69) is 44.8 Å². The first-order valence-electron chi connectivity index (χ1n) is 6.58. The topological polar surface area (TPSA) is 79.1 Å². The molecule has 0 fully saturated rings. The van der Waals surface area contributed by atoms with Gasteiger partial charge in [-0.15, -0.1) is 5.10 Å². The predicted octanol–water partition coefficient (Wildman–Crippen LogP) is 1.44. The maximum absolute atomic E-state index is 5.23. The van der Waals surface area contributed by atoms with E-state index in [0.717, 1.165) is 31.1 Å². The zero-order valence-electron chi connectivity index (χ0n) is 11.8. The summed E-state index contributed by atoms with van der Waals surface area (Å²) in [5.41, 5.74) is 0. The Morgan fingerprint density at radius 1 is 1.30 bits per heavy atom. The van der Waals surface area contributed by atoms with E-state index in [1.807, 2.05) is 12.1 Å². The molecule has 0 atom stereocenters. The van der Waals surface area contributed by atoms with Gasteiger partial charge in [-0.05, 0) is 39.2 Å². The number of nitrogens with zero attached hydrogens (tertiary/aromatic N) is 4. The molecular formula is C13H20N6O.